The first-order valence-corrected chi connectivity index (χ1v) is 10.8. The predicted octanol–water partition coefficient (Wildman–Crippen LogP) is 5.22. The maximum atomic E-state index is 13.5. The summed E-state index contributed by atoms with van der Waals surface area (Å²) < 4.78 is 41.7. The fraction of sp³-hybridized carbons (Fsp3) is 0.348. The lowest BCUT2D eigenvalue weighted by Crippen LogP contribution is -2.31. The van der Waals surface area contributed by atoms with E-state index in [0.29, 0.717) is 33.7 Å². The summed E-state index contributed by atoms with van der Waals surface area (Å²) in [5.41, 5.74) is 0.643. The molecule has 6 nitrogen and oxygen atoms in total. The fourth-order valence-corrected chi connectivity index (χ4v) is 4.04. The Hall–Kier alpha value is -3.07. The van der Waals surface area contributed by atoms with Gasteiger partial charge in [0.2, 0.25) is 5.91 Å². The van der Waals surface area contributed by atoms with Crippen molar-refractivity contribution in [3.05, 3.63) is 52.5 Å². The number of hydrogen-bond acceptors (Lipinski definition) is 3. The lowest BCUT2D eigenvalue weighted by atomic mass is 9.98. The molecule has 0 saturated heterocycles. The molecule has 0 spiro atoms. The van der Waals surface area contributed by atoms with E-state index in [4.69, 9.17) is 11.6 Å². The predicted molar refractivity (Wildman–Crippen MR) is 117 cm³/mol. The van der Waals surface area contributed by atoms with Gasteiger partial charge in [-0.25, -0.2) is 0 Å². The van der Waals surface area contributed by atoms with Crippen molar-refractivity contribution in [2.24, 2.45) is 5.92 Å². The number of hydrogen-bond donors (Lipinski definition) is 1. The van der Waals surface area contributed by atoms with Gasteiger partial charge in [0.1, 0.15) is 12.2 Å². The Morgan fingerprint density at radius 2 is 1.94 bits per heavy atom. The van der Waals surface area contributed by atoms with Gasteiger partial charge >= 0.3 is 12.1 Å². The van der Waals surface area contributed by atoms with Crippen molar-refractivity contribution in [2.75, 3.05) is 6.54 Å². The number of halogens is 4. The Labute approximate surface area is 192 Å². The average molecular weight is 480 g/mol. The van der Waals surface area contributed by atoms with Crippen molar-refractivity contribution in [1.82, 2.24) is 14.7 Å². The summed E-state index contributed by atoms with van der Waals surface area (Å²) in [7, 11) is 0. The van der Waals surface area contributed by atoms with Crippen LogP contribution in [0.1, 0.15) is 30.9 Å². The molecule has 1 heterocycles. The summed E-state index contributed by atoms with van der Waals surface area (Å²) in [5, 5.41) is 14.6. The van der Waals surface area contributed by atoms with E-state index in [1.807, 2.05) is 0 Å². The smallest absolute Gasteiger partial charge is 0.416 e. The largest absolute Gasteiger partial charge is 0.480 e. The Morgan fingerprint density at radius 1 is 1.21 bits per heavy atom. The van der Waals surface area contributed by atoms with Crippen molar-refractivity contribution in [3.63, 3.8) is 0 Å². The minimum Gasteiger partial charge on any atom is -0.480 e. The summed E-state index contributed by atoms with van der Waals surface area (Å²) in [6.45, 7) is 1.70. The zero-order chi connectivity index (χ0) is 23.9. The molecule has 0 aliphatic heterocycles. The number of nitrogens with zero attached hydrogens (tertiary/aromatic N) is 3. The third-order valence-corrected chi connectivity index (χ3v) is 5.90. The summed E-state index contributed by atoms with van der Waals surface area (Å²) >= 11 is 6.15. The Balaban J connectivity index is 1.88. The van der Waals surface area contributed by atoms with E-state index in [9.17, 15) is 27.9 Å². The van der Waals surface area contributed by atoms with E-state index < -0.39 is 24.3 Å². The third-order valence-electron chi connectivity index (χ3n) is 5.67. The van der Waals surface area contributed by atoms with Gasteiger partial charge in [0.05, 0.1) is 11.1 Å². The highest BCUT2D eigenvalue weighted by Crippen LogP contribution is 2.38. The SMILES string of the molecule is CCN(Cc1cc(C(F)(F)F)ccc1-c1nn(CC(=O)O)c2ccc(Cl)cc12)C(=O)C1CC1. The Morgan fingerprint density at radius 3 is 2.55 bits per heavy atom. The van der Waals surface area contributed by atoms with Crippen LogP contribution in [0.25, 0.3) is 22.2 Å². The van der Waals surface area contributed by atoms with Crippen molar-refractivity contribution in [3.8, 4) is 11.3 Å². The lowest BCUT2D eigenvalue weighted by Gasteiger charge is -2.23. The first-order chi connectivity index (χ1) is 15.6. The molecule has 3 aromatic rings. The minimum absolute atomic E-state index is 0.0149. The van der Waals surface area contributed by atoms with Crippen LogP contribution in [0.5, 0.6) is 0 Å². The second kappa shape index (κ2) is 8.70. The minimum atomic E-state index is -4.56. The average Bonchev–Trinajstić information content (AvgIpc) is 3.54. The number of carboxylic acids is 1. The second-order valence-electron chi connectivity index (χ2n) is 8.06. The van der Waals surface area contributed by atoms with Gasteiger partial charge in [-0.05, 0) is 55.7 Å². The molecule has 10 heteroatoms. The van der Waals surface area contributed by atoms with E-state index in [1.54, 1.807) is 30.0 Å². The number of aliphatic carboxylic acids is 1. The van der Waals surface area contributed by atoms with Crippen LogP contribution in [0, 0.1) is 5.92 Å². The highest BCUT2D eigenvalue weighted by atomic mass is 35.5. The van der Waals surface area contributed by atoms with Crippen LogP contribution in [0.3, 0.4) is 0 Å². The van der Waals surface area contributed by atoms with Gasteiger partial charge in [0.15, 0.2) is 0 Å². The molecule has 1 saturated carbocycles. The van der Waals surface area contributed by atoms with Crippen molar-refractivity contribution < 1.29 is 27.9 Å². The van der Waals surface area contributed by atoms with Crippen LogP contribution in [-0.4, -0.2) is 38.2 Å². The second-order valence-corrected chi connectivity index (χ2v) is 8.49. The molecule has 0 atom stereocenters. The number of rotatable bonds is 7. The topological polar surface area (TPSA) is 75.4 Å². The molecule has 33 heavy (non-hydrogen) atoms. The number of amides is 1. The van der Waals surface area contributed by atoms with Crippen LogP contribution in [0.15, 0.2) is 36.4 Å². The van der Waals surface area contributed by atoms with E-state index in [0.717, 1.165) is 25.0 Å². The standard InChI is InChI=1S/C23H21ClF3N3O3/c1-2-29(22(33)13-3-4-13)11-14-9-15(23(25,26)27)5-7-17(14)21-18-10-16(24)6-8-19(18)30(28-21)12-20(31)32/h5-10,13H,2-4,11-12H2,1H3,(H,31,32). The molecule has 1 fully saturated rings. The quantitative estimate of drug-likeness (QED) is 0.504. The monoisotopic (exact) mass is 479 g/mol. The number of carbonyl (C=O) groups is 2. The third kappa shape index (κ3) is 4.83. The van der Waals surface area contributed by atoms with Gasteiger partial charge in [-0.2, -0.15) is 18.3 Å². The van der Waals surface area contributed by atoms with E-state index >= 15 is 0 Å². The first-order valence-electron chi connectivity index (χ1n) is 10.5. The highest BCUT2D eigenvalue weighted by Gasteiger charge is 2.35. The molecule has 1 aromatic heterocycles. The first kappa shape index (κ1) is 23.1. The molecule has 0 radical (unpaired) electrons. The van der Waals surface area contributed by atoms with E-state index in [-0.39, 0.29) is 23.9 Å². The molecule has 0 unspecified atom stereocenters. The maximum absolute atomic E-state index is 13.5. The summed E-state index contributed by atoms with van der Waals surface area (Å²) in [6, 6.07) is 8.13. The molecule has 174 valence electrons. The summed E-state index contributed by atoms with van der Waals surface area (Å²) in [6.07, 6.45) is -2.99. The number of benzene rings is 2. The van der Waals surface area contributed by atoms with Gasteiger partial charge in [0.25, 0.3) is 0 Å². The number of carbonyl (C=O) groups excluding carboxylic acids is 1. The Kier molecular flexibility index (Phi) is 6.09. The van der Waals surface area contributed by atoms with Crippen LogP contribution in [0.4, 0.5) is 13.2 Å². The molecular formula is C23H21ClF3N3O3. The zero-order valence-electron chi connectivity index (χ0n) is 17.7. The van der Waals surface area contributed by atoms with E-state index in [1.165, 1.54) is 10.7 Å². The number of fused-ring (bicyclic) bond motifs is 1. The molecule has 0 bridgehead atoms. The lowest BCUT2D eigenvalue weighted by molar-refractivity contribution is -0.138. The molecule has 1 amide bonds. The van der Waals surface area contributed by atoms with Crippen LogP contribution < -0.4 is 0 Å². The van der Waals surface area contributed by atoms with Gasteiger partial charge in [-0.15, -0.1) is 0 Å². The van der Waals surface area contributed by atoms with Crippen molar-refractivity contribution in [1.29, 1.82) is 0 Å². The Bertz CT molecular complexity index is 1230. The molecule has 1 aliphatic rings. The van der Waals surface area contributed by atoms with Gasteiger partial charge in [-0.1, -0.05) is 17.7 Å². The maximum Gasteiger partial charge on any atom is 0.416 e. The van der Waals surface area contributed by atoms with Crippen molar-refractivity contribution in [2.45, 2.75) is 39.0 Å². The molecule has 1 aliphatic carbocycles. The van der Waals surface area contributed by atoms with Gasteiger partial charge < -0.3 is 10.0 Å². The molecule has 4 rings (SSSR count). The summed E-state index contributed by atoms with van der Waals surface area (Å²) in [5.74, 6) is -1.26. The molecule has 2 aromatic carbocycles. The van der Waals surface area contributed by atoms with Crippen LogP contribution in [0.2, 0.25) is 5.02 Å². The van der Waals surface area contributed by atoms with Crippen LogP contribution >= 0.6 is 11.6 Å². The molecule has 1 N–H and O–H groups in total. The van der Waals surface area contributed by atoms with E-state index in [2.05, 4.69) is 5.10 Å². The zero-order valence-corrected chi connectivity index (χ0v) is 18.5. The molecular weight excluding hydrogens is 459 g/mol. The van der Waals surface area contributed by atoms with Crippen molar-refractivity contribution >= 4 is 34.4 Å². The summed E-state index contributed by atoms with van der Waals surface area (Å²) in [4.78, 5) is 25.5. The highest BCUT2D eigenvalue weighted by molar-refractivity contribution is 6.31. The number of carboxylic acid groups (broad SMARTS) is 1. The van der Waals surface area contributed by atoms with Gasteiger partial charge in [0, 0.05) is 35.0 Å². The normalized spacial score (nSPS) is 14.0. The van der Waals surface area contributed by atoms with Crippen LogP contribution in [-0.2, 0) is 28.9 Å². The number of aromatic nitrogens is 2. The fourth-order valence-electron chi connectivity index (χ4n) is 3.87. The van der Waals surface area contributed by atoms with Gasteiger partial charge in [-0.3, -0.25) is 14.3 Å². The number of alkyl halides is 3.